The molecular weight excluding hydrogens is 332 g/mol. The van der Waals surface area contributed by atoms with Gasteiger partial charge in [0.1, 0.15) is 0 Å². The lowest BCUT2D eigenvalue weighted by Gasteiger charge is -2.23. The third-order valence-corrected chi connectivity index (χ3v) is 3.75. The van der Waals surface area contributed by atoms with Gasteiger partial charge in [-0.1, -0.05) is 0 Å². The third kappa shape index (κ3) is 9.68. The van der Waals surface area contributed by atoms with Crippen molar-refractivity contribution in [2.24, 2.45) is 0 Å². The van der Waals surface area contributed by atoms with E-state index in [2.05, 4.69) is 21.1 Å². The molecular formula is C8H19INO2PS. The van der Waals surface area contributed by atoms with Gasteiger partial charge in [0.25, 0.3) is 0 Å². The van der Waals surface area contributed by atoms with Crippen LogP contribution in [0.1, 0.15) is 6.92 Å². The lowest BCUT2D eigenvalue weighted by Crippen LogP contribution is -3.00. The average Bonchev–Trinajstić information content (AvgIpc) is 1.95. The van der Waals surface area contributed by atoms with Gasteiger partial charge in [0.15, 0.2) is 6.54 Å². The van der Waals surface area contributed by atoms with Gasteiger partial charge in [0.05, 0.1) is 54.2 Å². The third-order valence-electron chi connectivity index (χ3n) is 1.23. The number of quaternary nitrogens is 1. The van der Waals surface area contributed by atoms with Gasteiger partial charge in [-0.2, -0.15) is 0 Å². The van der Waals surface area contributed by atoms with Crippen molar-refractivity contribution in [2.45, 2.75) is 6.92 Å². The summed E-state index contributed by atoms with van der Waals surface area (Å²) in [5.41, 5.74) is 0. The highest BCUT2D eigenvalue weighted by atomic mass is 127. The average molecular weight is 351 g/mol. The number of hydrogen-bond donors (Lipinski definition) is 0. The molecule has 0 aromatic rings. The minimum absolute atomic E-state index is 0. The minimum atomic E-state index is -1.25. The van der Waals surface area contributed by atoms with Crippen molar-refractivity contribution >= 4 is 24.4 Å². The van der Waals surface area contributed by atoms with Crippen LogP contribution in [0.25, 0.3) is 0 Å². The molecule has 3 nitrogen and oxygen atoms in total. The number of nitrogens with zero attached hydrogens (tertiary/aromatic N) is 1. The largest absolute Gasteiger partial charge is 1.00 e. The van der Waals surface area contributed by atoms with Gasteiger partial charge in [-0.3, -0.25) is 0 Å². The molecule has 86 valence electrons. The summed E-state index contributed by atoms with van der Waals surface area (Å²) in [7, 11) is 4.97. The van der Waals surface area contributed by atoms with Crippen molar-refractivity contribution in [3.05, 3.63) is 0 Å². The van der Waals surface area contributed by atoms with Crippen LogP contribution in [0.3, 0.4) is 0 Å². The Kier molecular flexibility index (Phi) is 10.4. The SMILES string of the molecule is CCOSC(C[N+](C)(C)C)=[P+](C)[O-].[I-]. The number of rotatable bonds is 5. The standard InChI is InChI=1S/C8H19NO2PS.HI/c1-6-11-13-8(12(5)10)7-9(2,3)4;/h6-7H2,1-5H3;1H/q+1;/p-1. The van der Waals surface area contributed by atoms with Crippen LogP contribution in [0.15, 0.2) is 0 Å². The summed E-state index contributed by atoms with van der Waals surface area (Å²) in [5, 5.41) is 0. The van der Waals surface area contributed by atoms with Crippen molar-refractivity contribution in [1.82, 2.24) is 0 Å². The van der Waals surface area contributed by atoms with Gasteiger partial charge in [-0.25, -0.2) is 0 Å². The Balaban J connectivity index is 0. The van der Waals surface area contributed by atoms with Crippen molar-refractivity contribution in [2.75, 3.05) is 41.0 Å². The Hall–Kier alpha value is 1.13. The molecule has 0 bridgehead atoms. The van der Waals surface area contributed by atoms with E-state index in [4.69, 9.17) is 4.18 Å². The molecule has 0 saturated carbocycles. The lowest BCUT2D eigenvalue weighted by atomic mass is 10.6. The van der Waals surface area contributed by atoms with Crippen LogP contribution in [0, 0.1) is 0 Å². The molecule has 0 spiro atoms. The zero-order chi connectivity index (χ0) is 10.5. The molecule has 14 heavy (non-hydrogen) atoms. The van der Waals surface area contributed by atoms with Gasteiger partial charge < -0.3 is 37.5 Å². The van der Waals surface area contributed by atoms with Crippen LogP contribution in [-0.4, -0.2) is 50.1 Å². The summed E-state index contributed by atoms with van der Waals surface area (Å²) in [5.74, 6) is 0. The van der Waals surface area contributed by atoms with Gasteiger partial charge in [0.2, 0.25) is 4.63 Å². The van der Waals surface area contributed by atoms with Crippen LogP contribution in [-0.2, 0) is 4.18 Å². The van der Waals surface area contributed by atoms with E-state index in [1.54, 1.807) is 6.66 Å². The predicted molar refractivity (Wildman–Crippen MR) is 60.0 cm³/mol. The summed E-state index contributed by atoms with van der Waals surface area (Å²) in [6.45, 7) is 5.09. The molecule has 0 rings (SSSR count). The molecule has 0 aromatic heterocycles. The molecule has 0 aliphatic heterocycles. The quantitative estimate of drug-likeness (QED) is 0.246. The molecule has 0 aliphatic rings. The topological polar surface area (TPSA) is 32.3 Å². The zero-order valence-electron chi connectivity index (χ0n) is 9.41. The Labute approximate surface area is 109 Å². The van der Waals surface area contributed by atoms with E-state index >= 15 is 0 Å². The van der Waals surface area contributed by atoms with E-state index in [1.807, 2.05) is 6.92 Å². The Morgan fingerprint density at radius 3 is 2.21 bits per heavy atom. The summed E-state index contributed by atoms with van der Waals surface area (Å²) in [4.78, 5) is 11.3. The fourth-order valence-electron chi connectivity index (χ4n) is 0.711. The highest BCUT2D eigenvalue weighted by molar-refractivity contribution is 8.15. The first-order valence-electron chi connectivity index (χ1n) is 4.23. The summed E-state index contributed by atoms with van der Waals surface area (Å²) in [6, 6.07) is 0. The molecule has 0 aromatic carbocycles. The Bertz CT molecular complexity index is 190. The number of hydrogen-bond acceptors (Lipinski definition) is 3. The molecule has 6 heteroatoms. The Morgan fingerprint density at radius 1 is 1.43 bits per heavy atom. The maximum Gasteiger partial charge on any atom is 0.230 e. The van der Waals surface area contributed by atoms with Crippen LogP contribution < -0.4 is 28.9 Å². The first kappa shape index (κ1) is 17.5. The molecule has 0 fully saturated rings. The highest BCUT2D eigenvalue weighted by Gasteiger charge is 2.18. The van der Waals surface area contributed by atoms with Crippen molar-refractivity contribution in [3.63, 3.8) is 0 Å². The van der Waals surface area contributed by atoms with E-state index in [9.17, 15) is 4.89 Å². The smallest absolute Gasteiger partial charge is 0.230 e. The molecule has 0 N–H and O–H groups in total. The van der Waals surface area contributed by atoms with E-state index in [0.29, 0.717) is 6.61 Å². The second-order valence-corrected chi connectivity index (χ2v) is 6.56. The summed E-state index contributed by atoms with van der Waals surface area (Å²) < 4.78 is 6.91. The first-order chi connectivity index (χ1) is 5.87. The monoisotopic (exact) mass is 351 g/mol. The minimum Gasteiger partial charge on any atom is -1.00 e. The van der Waals surface area contributed by atoms with Gasteiger partial charge in [0, 0.05) is 0 Å². The lowest BCUT2D eigenvalue weighted by molar-refractivity contribution is -0.860. The maximum absolute atomic E-state index is 11.3. The van der Waals surface area contributed by atoms with Gasteiger partial charge in [-0.15, -0.1) is 0 Å². The molecule has 0 saturated heterocycles. The first-order valence-corrected chi connectivity index (χ1v) is 6.68. The predicted octanol–water partition coefficient (Wildman–Crippen LogP) is -2.10. The normalized spacial score (nSPS) is 13.3. The molecule has 0 amide bonds. The molecule has 1 atom stereocenters. The Morgan fingerprint density at radius 2 is 1.93 bits per heavy atom. The van der Waals surface area contributed by atoms with E-state index < -0.39 is 7.77 Å². The second kappa shape index (κ2) is 8.30. The van der Waals surface area contributed by atoms with Crippen molar-refractivity contribution in [1.29, 1.82) is 0 Å². The highest BCUT2D eigenvalue weighted by Crippen LogP contribution is 2.20. The van der Waals surface area contributed by atoms with Crippen LogP contribution in [0.2, 0.25) is 0 Å². The van der Waals surface area contributed by atoms with E-state index in [-0.39, 0.29) is 24.0 Å². The summed E-state index contributed by atoms with van der Waals surface area (Å²) >= 11 is 1.27. The summed E-state index contributed by atoms with van der Waals surface area (Å²) in [6.07, 6.45) is 0. The van der Waals surface area contributed by atoms with E-state index in [1.165, 1.54) is 12.0 Å². The maximum atomic E-state index is 11.3. The van der Waals surface area contributed by atoms with E-state index in [0.717, 1.165) is 15.7 Å². The second-order valence-electron chi connectivity index (χ2n) is 3.83. The molecule has 0 heterocycles. The van der Waals surface area contributed by atoms with Crippen molar-refractivity contribution < 1.29 is 37.5 Å². The molecule has 0 aliphatic carbocycles. The number of halogens is 1. The fraction of sp³-hybridized carbons (Fsp3) is 0.875. The van der Waals surface area contributed by atoms with Crippen LogP contribution in [0.5, 0.6) is 0 Å². The molecule has 0 radical (unpaired) electrons. The fourth-order valence-corrected chi connectivity index (χ4v) is 2.61. The molecule has 1 unspecified atom stereocenters. The van der Waals surface area contributed by atoms with Crippen LogP contribution >= 0.6 is 19.8 Å². The van der Waals surface area contributed by atoms with Gasteiger partial charge in [-0.05, 0) is 6.92 Å². The van der Waals surface area contributed by atoms with Gasteiger partial charge >= 0.3 is 0 Å². The van der Waals surface area contributed by atoms with Crippen LogP contribution in [0.4, 0.5) is 0 Å². The van der Waals surface area contributed by atoms with Crippen molar-refractivity contribution in [3.8, 4) is 0 Å². The zero-order valence-corrected chi connectivity index (χ0v) is 13.3.